The SMILES string of the molecule is CC1CCCN(C(=O)c2cccc(C(F)(F)F)c2)C1CN.Cl. The Kier molecular flexibility index (Phi) is 6.26. The Hall–Kier alpha value is -1.27. The second kappa shape index (κ2) is 7.33. The summed E-state index contributed by atoms with van der Waals surface area (Å²) in [5.41, 5.74) is 4.99. The smallest absolute Gasteiger partial charge is 0.334 e. The molecule has 0 bridgehead atoms. The molecule has 1 amide bonds. The van der Waals surface area contributed by atoms with Crippen LogP contribution in [0.15, 0.2) is 24.3 Å². The quantitative estimate of drug-likeness (QED) is 0.900. The number of benzene rings is 1. The molecule has 1 heterocycles. The second-order valence-electron chi connectivity index (χ2n) is 5.50. The molecule has 0 spiro atoms. The minimum absolute atomic E-state index is 0. The molecule has 22 heavy (non-hydrogen) atoms. The third kappa shape index (κ3) is 3.93. The zero-order valence-electron chi connectivity index (χ0n) is 12.3. The number of piperidine rings is 1. The standard InChI is InChI=1S/C15H19F3N2O.ClH/c1-10-4-3-7-20(13(10)9-19)14(21)11-5-2-6-12(8-11)15(16,17)18;/h2,5-6,8,10,13H,3-4,7,9,19H2,1H3;1H. The van der Waals surface area contributed by atoms with Crippen LogP contribution in [0.1, 0.15) is 35.7 Å². The number of carbonyl (C=O) groups is 1. The van der Waals surface area contributed by atoms with E-state index in [2.05, 4.69) is 0 Å². The predicted molar refractivity (Wildman–Crippen MR) is 81.0 cm³/mol. The lowest BCUT2D eigenvalue weighted by atomic mass is 9.90. The van der Waals surface area contributed by atoms with E-state index in [1.54, 1.807) is 4.90 Å². The molecule has 1 saturated heterocycles. The van der Waals surface area contributed by atoms with E-state index >= 15 is 0 Å². The van der Waals surface area contributed by atoms with E-state index in [0.717, 1.165) is 25.0 Å². The first-order chi connectivity index (χ1) is 9.84. The highest BCUT2D eigenvalue weighted by Gasteiger charge is 2.34. The van der Waals surface area contributed by atoms with Crippen molar-refractivity contribution < 1.29 is 18.0 Å². The van der Waals surface area contributed by atoms with E-state index < -0.39 is 11.7 Å². The second-order valence-corrected chi connectivity index (χ2v) is 5.50. The Bertz CT molecular complexity index is 522. The summed E-state index contributed by atoms with van der Waals surface area (Å²) in [4.78, 5) is 14.1. The van der Waals surface area contributed by atoms with Crippen molar-refractivity contribution in [3.63, 3.8) is 0 Å². The number of rotatable bonds is 2. The van der Waals surface area contributed by atoms with Crippen molar-refractivity contribution in [1.29, 1.82) is 0 Å². The van der Waals surface area contributed by atoms with Crippen LogP contribution in [0.25, 0.3) is 0 Å². The number of halogens is 4. The van der Waals surface area contributed by atoms with E-state index in [1.807, 2.05) is 6.92 Å². The Morgan fingerprint density at radius 3 is 2.68 bits per heavy atom. The normalized spacial score (nSPS) is 22.1. The molecular weight excluding hydrogens is 317 g/mol. The maximum atomic E-state index is 12.7. The zero-order valence-corrected chi connectivity index (χ0v) is 13.1. The maximum Gasteiger partial charge on any atom is 0.416 e. The number of hydrogen-bond acceptors (Lipinski definition) is 2. The lowest BCUT2D eigenvalue weighted by Gasteiger charge is -2.39. The highest BCUT2D eigenvalue weighted by Crippen LogP contribution is 2.30. The number of likely N-dealkylation sites (tertiary alicyclic amines) is 1. The van der Waals surface area contributed by atoms with E-state index in [1.165, 1.54) is 12.1 Å². The summed E-state index contributed by atoms with van der Waals surface area (Å²) in [5, 5.41) is 0. The maximum absolute atomic E-state index is 12.7. The van der Waals surface area contributed by atoms with E-state index in [9.17, 15) is 18.0 Å². The van der Waals surface area contributed by atoms with Crippen LogP contribution in [0.5, 0.6) is 0 Å². The van der Waals surface area contributed by atoms with Gasteiger partial charge in [0.15, 0.2) is 0 Å². The molecule has 2 unspecified atom stereocenters. The number of carbonyl (C=O) groups excluding carboxylic acids is 1. The minimum Gasteiger partial charge on any atom is -0.334 e. The third-order valence-corrected chi connectivity index (χ3v) is 4.05. The van der Waals surface area contributed by atoms with Gasteiger partial charge in [-0.2, -0.15) is 13.2 Å². The van der Waals surface area contributed by atoms with Crippen molar-refractivity contribution in [2.75, 3.05) is 13.1 Å². The van der Waals surface area contributed by atoms with Crippen LogP contribution in [0.4, 0.5) is 13.2 Å². The number of nitrogens with zero attached hydrogens (tertiary/aromatic N) is 1. The van der Waals surface area contributed by atoms with Crippen molar-refractivity contribution in [3.8, 4) is 0 Å². The molecule has 2 rings (SSSR count). The molecule has 2 atom stereocenters. The van der Waals surface area contributed by atoms with Crippen molar-refractivity contribution in [2.45, 2.75) is 32.0 Å². The van der Waals surface area contributed by atoms with E-state index in [4.69, 9.17) is 5.73 Å². The van der Waals surface area contributed by atoms with Gasteiger partial charge in [0.25, 0.3) is 5.91 Å². The fourth-order valence-electron chi connectivity index (χ4n) is 2.86. The lowest BCUT2D eigenvalue weighted by molar-refractivity contribution is -0.137. The van der Waals surface area contributed by atoms with Gasteiger partial charge in [-0.3, -0.25) is 4.79 Å². The first kappa shape index (κ1) is 18.8. The average Bonchev–Trinajstić information content (AvgIpc) is 2.45. The largest absolute Gasteiger partial charge is 0.416 e. The van der Waals surface area contributed by atoms with Crippen molar-refractivity contribution in [3.05, 3.63) is 35.4 Å². The predicted octanol–water partition coefficient (Wildman–Crippen LogP) is 3.33. The topological polar surface area (TPSA) is 46.3 Å². The molecule has 0 saturated carbocycles. The zero-order chi connectivity index (χ0) is 15.6. The number of nitrogens with two attached hydrogens (primary N) is 1. The fourth-order valence-corrected chi connectivity index (χ4v) is 2.86. The molecule has 1 aromatic carbocycles. The molecule has 124 valence electrons. The lowest BCUT2D eigenvalue weighted by Crippen LogP contribution is -2.51. The van der Waals surface area contributed by atoms with E-state index in [0.29, 0.717) is 13.1 Å². The van der Waals surface area contributed by atoms with Crippen LogP contribution in [0, 0.1) is 5.92 Å². The first-order valence-electron chi connectivity index (χ1n) is 7.03. The Morgan fingerprint density at radius 1 is 1.41 bits per heavy atom. The number of alkyl halides is 3. The molecule has 1 aliphatic heterocycles. The molecule has 0 aliphatic carbocycles. The molecule has 7 heteroatoms. The molecule has 0 aromatic heterocycles. The third-order valence-electron chi connectivity index (χ3n) is 4.05. The number of hydrogen-bond donors (Lipinski definition) is 1. The average molecular weight is 337 g/mol. The molecular formula is C15H20ClF3N2O. The molecule has 3 nitrogen and oxygen atoms in total. The van der Waals surface area contributed by atoms with Gasteiger partial charge in [0.2, 0.25) is 0 Å². The van der Waals surface area contributed by atoms with Crippen LogP contribution in [-0.4, -0.2) is 29.9 Å². The van der Waals surface area contributed by atoms with Gasteiger partial charge in [0.05, 0.1) is 5.56 Å². The summed E-state index contributed by atoms with van der Waals surface area (Å²) in [6, 6.07) is 4.46. The Morgan fingerprint density at radius 2 is 2.09 bits per heavy atom. The van der Waals surface area contributed by atoms with Crippen LogP contribution in [-0.2, 0) is 6.18 Å². The Balaban J connectivity index is 0.00000242. The van der Waals surface area contributed by atoms with Gasteiger partial charge in [0.1, 0.15) is 0 Å². The summed E-state index contributed by atoms with van der Waals surface area (Å²) in [6.45, 7) is 2.89. The first-order valence-corrected chi connectivity index (χ1v) is 7.03. The van der Waals surface area contributed by atoms with Gasteiger partial charge in [-0.15, -0.1) is 12.4 Å². The molecule has 2 N–H and O–H groups in total. The van der Waals surface area contributed by atoms with Gasteiger partial charge < -0.3 is 10.6 Å². The minimum atomic E-state index is -4.45. The van der Waals surface area contributed by atoms with Gasteiger partial charge in [-0.25, -0.2) is 0 Å². The summed E-state index contributed by atoms with van der Waals surface area (Å²) < 4.78 is 38.2. The monoisotopic (exact) mass is 336 g/mol. The van der Waals surface area contributed by atoms with Crippen molar-refractivity contribution in [1.82, 2.24) is 4.90 Å². The summed E-state index contributed by atoms with van der Waals surface area (Å²) in [5.74, 6) is -0.110. The van der Waals surface area contributed by atoms with Crippen LogP contribution in [0.3, 0.4) is 0 Å². The van der Waals surface area contributed by atoms with Crippen LogP contribution >= 0.6 is 12.4 Å². The molecule has 0 radical (unpaired) electrons. The number of amides is 1. The van der Waals surface area contributed by atoms with Gasteiger partial charge in [-0.1, -0.05) is 13.0 Å². The highest BCUT2D eigenvalue weighted by molar-refractivity contribution is 5.94. The Labute approximate surface area is 134 Å². The van der Waals surface area contributed by atoms with Gasteiger partial charge in [-0.05, 0) is 37.0 Å². The molecule has 1 fully saturated rings. The summed E-state index contributed by atoms with van der Waals surface area (Å²) >= 11 is 0. The molecule has 1 aromatic rings. The van der Waals surface area contributed by atoms with Crippen LogP contribution in [0.2, 0.25) is 0 Å². The van der Waals surface area contributed by atoms with Crippen molar-refractivity contribution >= 4 is 18.3 Å². The fraction of sp³-hybridized carbons (Fsp3) is 0.533. The highest BCUT2D eigenvalue weighted by atomic mass is 35.5. The van der Waals surface area contributed by atoms with Gasteiger partial charge >= 0.3 is 6.18 Å². The summed E-state index contributed by atoms with van der Waals surface area (Å²) in [7, 11) is 0. The van der Waals surface area contributed by atoms with Crippen molar-refractivity contribution in [2.24, 2.45) is 11.7 Å². The van der Waals surface area contributed by atoms with E-state index in [-0.39, 0.29) is 35.8 Å². The molecule has 1 aliphatic rings. The van der Waals surface area contributed by atoms with Crippen LogP contribution < -0.4 is 5.73 Å². The summed E-state index contributed by atoms with van der Waals surface area (Å²) in [6.07, 6.45) is -2.62. The van der Waals surface area contributed by atoms with Gasteiger partial charge in [0, 0.05) is 24.7 Å².